The molecule has 1 amide bonds. The molecule has 39 heavy (non-hydrogen) atoms. The average Bonchev–Trinajstić information content (AvgIpc) is 3.41. The van der Waals surface area contributed by atoms with Gasteiger partial charge in [0, 0.05) is 42.2 Å². The quantitative estimate of drug-likeness (QED) is 0.243. The Morgan fingerprint density at radius 3 is 2.44 bits per heavy atom. The number of benzene rings is 2. The van der Waals surface area contributed by atoms with Gasteiger partial charge in [-0.1, -0.05) is 62.8 Å². The first kappa shape index (κ1) is 32.6. The molecule has 9 heteroatoms. The van der Waals surface area contributed by atoms with E-state index in [0.717, 1.165) is 41.3 Å². The number of carbonyl (C=O) groups is 2. The van der Waals surface area contributed by atoms with Crippen LogP contribution in [-0.4, -0.2) is 64.4 Å². The Morgan fingerprint density at radius 2 is 1.82 bits per heavy atom. The van der Waals surface area contributed by atoms with Crippen molar-refractivity contribution in [3.05, 3.63) is 63.7 Å². The predicted octanol–water partition coefficient (Wildman–Crippen LogP) is 4.84. The number of likely N-dealkylation sites (N-methyl/N-ethyl adjacent to an activating group) is 2. The van der Waals surface area contributed by atoms with Crippen molar-refractivity contribution in [1.29, 1.82) is 0 Å². The van der Waals surface area contributed by atoms with Crippen molar-refractivity contribution in [1.82, 2.24) is 16.0 Å². The molecule has 8 nitrogen and oxygen atoms in total. The highest BCUT2D eigenvalue weighted by Gasteiger charge is 2.25. The highest BCUT2D eigenvalue weighted by atomic mass is 35.5. The number of ether oxygens (including phenoxy) is 2. The van der Waals surface area contributed by atoms with Crippen LogP contribution in [-0.2, 0) is 16.0 Å². The van der Waals surface area contributed by atoms with Crippen LogP contribution in [0.15, 0.2) is 36.4 Å². The lowest BCUT2D eigenvalue weighted by atomic mass is 9.91. The number of hydrogen-bond donors (Lipinski definition) is 4. The van der Waals surface area contributed by atoms with Crippen LogP contribution in [0.2, 0.25) is 5.02 Å². The van der Waals surface area contributed by atoms with Crippen molar-refractivity contribution < 1.29 is 24.2 Å². The van der Waals surface area contributed by atoms with Crippen molar-refractivity contribution in [3.63, 3.8) is 0 Å². The summed E-state index contributed by atoms with van der Waals surface area (Å²) in [6.45, 7) is 5.20. The molecule has 0 saturated heterocycles. The van der Waals surface area contributed by atoms with E-state index in [0.29, 0.717) is 36.9 Å². The maximum atomic E-state index is 12.8. The summed E-state index contributed by atoms with van der Waals surface area (Å²) in [4.78, 5) is 21.2. The summed E-state index contributed by atoms with van der Waals surface area (Å²) < 4.78 is 12.0. The molecule has 1 unspecified atom stereocenters. The summed E-state index contributed by atoms with van der Waals surface area (Å²) in [5.74, 6) is 1.70. The third-order valence-electron chi connectivity index (χ3n) is 6.73. The smallest absolute Gasteiger partial charge is 0.290 e. The molecule has 1 aliphatic carbocycles. The molecule has 0 radical (unpaired) electrons. The molecular formula is C30H44ClN3O5. The Hall–Kier alpha value is -2.65. The van der Waals surface area contributed by atoms with E-state index in [-0.39, 0.29) is 18.5 Å². The van der Waals surface area contributed by atoms with E-state index < -0.39 is 0 Å². The highest BCUT2D eigenvalue weighted by Crippen LogP contribution is 2.36. The number of carbonyl (C=O) groups excluding carboxylic acids is 1. The van der Waals surface area contributed by atoms with Crippen molar-refractivity contribution in [2.24, 2.45) is 5.92 Å². The van der Waals surface area contributed by atoms with Crippen LogP contribution in [0.3, 0.4) is 0 Å². The van der Waals surface area contributed by atoms with Crippen LogP contribution in [0.1, 0.15) is 72.2 Å². The standard InChI is InChI=1S/C22H28ClN3O3.C7H14.CH2O2/c1-24-7-8-26-22(27)19-13-16(14-20-18(19)6-10-28-20)21(29-11-9-25-2)15-4-3-5-17(23)12-15;1-7-5-3-2-4-6-7;2-1-3/h3-5,12-14,21,24-25H,6-11H2,1-2H3,(H,26,27);7H,2-6H2,1H3;1H,(H,2,3). The van der Waals surface area contributed by atoms with Gasteiger partial charge in [-0.3, -0.25) is 9.59 Å². The van der Waals surface area contributed by atoms with Gasteiger partial charge in [0.05, 0.1) is 13.2 Å². The molecular weight excluding hydrogens is 518 g/mol. The zero-order valence-corrected chi connectivity index (χ0v) is 24.2. The van der Waals surface area contributed by atoms with Crippen LogP contribution >= 0.6 is 11.6 Å². The topological polar surface area (TPSA) is 109 Å². The van der Waals surface area contributed by atoms with Crippen molar-refractivity contribution in [3.8, 4) is 5.75 Å². The van der Waals surface area contributed by atoms with Gasteiger partial charge in [0.25, 0.3) is 12.4 Å². The van der Waals surface area contributed by atoms with E-state index in [2.05, 4.69) is 22.9 Å². The number of rotatable bonds is 10. The molecule has 0 bridgehead atoms. The second-order valence-electron chi connectivity index (χ2n) is 9.76. The zero-order valence-electron chi connectivity index (χ0n) is 23.4. The lowest BCUT2D eigenvalue weighted by Crippen LogP contribution is -2.31. The normalized spacial score (nSPS) is 15.0. The minimum atomic E-state index is -0.347. The molecule has 1 heterocycles. The van der Waals surface area contributed by atoms with Gasteiger partial charge < -0.3 is 30.5 Å². The Bertz CT molecular complexity index is 1010. The number of carboxylic acid groups (broad SMARTS) is 1. The van der Waals surface area contributed by atoms with Crippen LogP contribution in [0.5, 0.6) is 5.75 Å². The molecule has 2 aliphatic rings. The Morgan fingerprint density at radius 1 is 1.10 bits per heavy atom. The lowest BCUT2D eigenvalue weighted by molar-refractivity contribution is -0.122. The van der Waals surface area contributed by atoms with E-state index in [4.69, 9.17) is 31.0 Å². The van der Waals surface area contributed by atoms with Gasteiger partial charge in [-0.25, -0.2) is 0 Å². The third-order valence-corrected chi connectivity index (χ3v) is 6.97. The molecule has 1 fully saturated rings. The van der Waals surface area contributed by atoms with Crippen LogP contribution in [0.25, 0.3) is 0 Å². The predicted molar refractivity (Wildman–Crippen MR) is 156 cm³/mol. The minimum absolute atomic E-state index is 0.0936. The SMILES string of the molecule is CC1CCCCC1.CNCCNC(=O)c1cc(C(OCCNC)c2cccc(Cl)c2)cc2c1CCO2.O=CO. The Balaban J connectivity index is 0.000000450. The number of nitrogens with one attached hydrogen (secondary N) is 3. The van der Waals surface area contributed by atoms with Gasteiger partial charge in [-0.15, -0.1) is 0 Å². The average molecular weight is 562 g/mol. The van der Waals surface area contributed by atoms with Crippen molar-refractivity contribution >= 4 is 24.0 Å². The fraction of sp³-hybridized carbons (Fsp3) is 0.533. The van der Waals surface area contributed by atoms with Gasteiger partial charge in [-0.2, -0.15) is 0 Å². The van der Waals surface area contributed by atoms with Gasteiger partial charge >= 0.3 is 0 Å². The van der Waals surface area contributed by atoms with Gasteiger partial charge in [0.1, 0.15) is 11.9 Å². The minimum Gasteiger partial charge on any atom is -0.493 e. The van der Waals surface area contributed by atoms with E-state index in [9.17, 15) is 4.79 Å². The summed E-state index contributed by atoms with van der Waals surface area (Å²) in [6, 6.07) is 11.5. The molecule has 1 aliphatic heterocycles. The van der Waals surface area contributed by atoms with Crippen LogP contribution < -0.4 is 20.7 Å². The van der Waals surface area contributed by atoms with Gasteiger partial charge in [0.15, 0.2) is 0 Å². The molecule has 1 saturated carbocycles. The van der Waals surface area contributed by atoms with E-state index >= 15 is 0 Å². The van der Waals surface area contributed by atoms with Gasteiger partial charge in [-0.05, 0) is 55.4 Å². The second kappa shape index (κ2) is 18.6. The molecule has 216 valence electrons. The zero-order chi connectivity index (χ0) is 28.5. The number of hydrogen-bond acceptors (Lipinski definition) is 6. The van der Waals surface area contributed by atoms with Crippen molar-refractivity contribution in [2.75, 3.05) is 46.9 Å². The number of halogens is 1. The first-order chi connectivity index (χ1) is 18.9. The summed E-state index contributed by atoms with van der Waals surface area (Å²) in [6.07, 6.45) is 7.82. The molecule has 0 spiro atoms. The monoisotopic (exact) mass is 561 g/mol. The summed E-state index contributed by atoms with van der Waals surface area (Å²) in [7, 11) is 3.74. The molecule has 1 atom stereocenters. The molecule has 0 aromatic heterocycles. The second-order valence-corrected chi connectivity index (χ2v) is 10.2. The molecule has 4 rings (SSSR count). The number of fused-ring (bicyclic) bond motifs is 1. The molecule has 2 aromatic rings. The summed E-state index contributed by atoms with van der Waals surface area (Å²) in [5, 5.41) is 16.6. The Kier molecular flexibility index (Phi) is 15.5. The summed E-state index contributed by atoms with van der Waals surface area (Å²) >= 11 is 6.22. The van der Waals surface area contributed by atoms with Gasteiger partial charge in [0.2, 0.25) is 0 Å². The molecule has 4 N–H and O–H groups in total. The first-order valence-corrected chi connectivity index (χ1v) is 14.1. The van der Waals surface area contributed by atoms with Crippen LogP contribution in [0.4, 0.5) is 0 Å². The lowest BCUT2D eigenvalue weighted by Gasteiger charge is -2.21. The Labute approximate surface area is 237 Å². The van der Waals surface area contributed by atoms with E-state index in [1.165, 1.54) is 32.1 Å². The summed E-state index contributed by atoms with van der Waals surface area (Å²) in [5.41, 5.74) is 3.42. The fourth-order valence-corrected chi connectivity index (χ4v) is 4.91. The van der Waals surface area contributed by atoms with Crippen LogP contribution in [0, 0.1) is 5.92 Å². The third kappa shape index (κ3) is 11.2. The van der Waals surface area contributed by atoms with Crippen molar-refractivity contribution in [2.45, 2.75) is 51.6 Å². The maximum absolute atomic E-state index is 12.8. The first-order valence-electron chi connectivity index (χ1n) is 13.8. The molecule has 2 aromatic carbocycles. The highest BCUT2D eigenvalue weighted by molar-refractivity contribution is 6.30. The maximum Gasteiger partial charge on any atom is 0.290 e. The van der Waals surface area contributed by atoms with E-state index in [1.807, 2.05) is 50.5 Å². The number of amides is 1. The van der Waals surface area contributed by atoms with E-state index in [1.54, 1.807) is 0 Å². The fourth-order valence-electron chi connectivity index (χ4n) is 4.71. The largest absolute Gasteiger partial charge is 0.493 e.